The van der Waals surface area contributed by atoms with Crippen molar-refractivity contribution in [3.8, 4) is 12.1 Å². The van der Waals surface area contributed by atoms with Gasteiger partial charge in [-0.15, -0.1) is 0 Å². The van der Waals surface area contributed by atoms with E-state index >= 15 is 0 Å². The summed E-state index contributed by atoms with van der Waals surface area (Å²) < 4.78 is 0.806. The van der Waals surface area contributed by atoms with E-state index in [0.29, 0.717) is 28.3 Å². The second-order valence-corrected chi connectivity index (χ2v) is 4.62. The molecule has 6 heteroatoms. The quantitative estimate of drug-likeness (QED) is 0.888. The molecule has 0 bridgehead atoms. The Hall–Kier alpha value is -2.57. The van der Waals surface area contributed by atoms with Gasteiger partial charge in [-0.3, -0.25) is 0 Å². The second kappa shape index (κ2) is 5.38. The number of hydrogen-bond donors (Lipinski definition) is 2. The summed E-state index contributed by atoms with van der Waals surface area (Å²) in [6.45, 7) is 0. The Labute approximate surface area is 118 Å². The summed E-state index contributed by atoms with van der Waals surface area (Å²) in [5.74, 6) is 0.371. The van der Waals surface area contributed by atoms with E-state index in [9.17, 15) is 0 Å². The first kappa shape index (κ1) is 12.9. The molecule has 1 aromatic carbocycles. The summed E-state index contributed by atoms with van der Waals surface area (Å²) in [7, 11) is 0. The van der Waals surface area contributed by atoms with Crippen molar-refractivity contribution in [2.75, 3.05) is 11.1 Å². The monoisotopic (exact) mass is 313 g/mol. The maximum atomic E-state index is 9.08. The number of rotatable bonds is 2. The van der Waals surface area contributed by atoms with Crippen LogP contribution in [0, 0.1) is 22.7 Å². The van der Waals surface area contributed by atoms with E-state index in [0.717, 1.165) is 4.47 Å². The van der Waals surface area contributed by atoms with E-state index in [1.54, 1.807) is 18.2 Å². The van der Waals surface area contributed by atoms with Crippen molar-refractivity contribution in [1.82, 2.24) is 4.98 Å². The number of pyridine rings is 1. The lowest BCUT2D eigenvalue weighted by molar-refractivity contribution is 1.28. The highest BCUT2D eigenvalue weighted by atomic mass is 79.9. The van der Waals surface area contributed by atoms with Crippen LogP contribution < -0.4 is 11.1 Å². The molecule has 0 aliphatic heterocycles. The first-order chi connectivity index (χ1) is 9.13. The largest absolute Gasteiger partial charge is 0.397 e. The van der Waals surface area contributed by atoms with E-state index in [1.165, 1.54) is 12.3 Å². The van der Waals surface area contributed by atoms with E-state index in [2.05, 4.69) is 32.3 Å². The molecule has 0 aliphatic rings. The van der Waals surface area contributed by atoms with Gasteiger partial charge in [-0.05, 0) is 24.3 Å². The maximum absolute atomic E-state index is 9.08. The molecule has 2 aromatic rings. The van der Waals surface area contributed by atoms with Gasteiger partial charge in [-0.25, -0.2) is 4.98 Å². The van der Waals surface area contributed by atoms with Crippen LogP contribution in [0.5, 0.6) is 0 Å². The van der Waals surface area contributed by atoms with Crippen LogP contribution in [-0.4, -0.2) is 4.98 Å². The second-order valence-electron chi connectivity index (χ2n) is 3.70. The molecule has 0 amide bonds. The molecule has 0 saturated carbocycles. The Morgan fingerprint density at radius 2 is 1.89 bits per heavy atom. The zero-order valence-corrected chi connectivity index (χ0v) is 11.3. The fourth-order valence-corrected chi connectivity index (χ4v) is 1.87. The summed E-state index contributed by atoms with van der Waals surface area (Å²) in [5.41, 5.74) is 7.35. The van der Waals surface area contributed by atoms with Crippen LogP contribution in [0.1, 0.15) is 11.1 Å². The molecule has 0 unspecified atom stereocenters. The standard InChI is InChI=1S/C13H8BrN5/c14-10-1-2-12(8(3-10)5-15)19-13-9(6-16)4-11(17)7-18-13/h1-4,7H,17H2,(H,18,19). The SMILES string of the molecule is N#Cc1cc(Br)ccc1Nc1ncc(N)cc1C#N. The summed E-state index contributed by atoms with van der Waals surface area (Å²) in [5, 5.41) is 21.1. The fourth-order valence-electron chi connectivity index (χ4n) is 1.51. The van der Waals surface area contributed by atoms with Crippen LogP contribution in [0.3, 0.4) is 0 Å². The molecule has 2 rings (SSSR count). The van der Waals surface area contributed by atoms with E-state index < -0.39 is 0 Å². The minimum Gasteiger partial charge on any atom is -0.397 e. The van der Waals surface area contributed by atoms with Crippen LogP contribution in [0.2, 0.25) is 0 Å². The van der Waals surface area contributed by atoms with Crippen molar-refractivity contribution < 1.29 is 0 Å². The zero-order valence-electron chi connectivity index (χ0n) is 9.68. The van der Waals surface area contributed by atoms with Gasteiger partial charge >= 0.3 is 0 Å². The van der Waals surface area contributed by atoms with Crippen LogP contribution in [0.25, 0.3) is 0 Å². The van der Waals surface area contributed by atoms with Gasteiger partial charge < -0.3 is 11.1 Å². The van der Waals surface area contributed by atoms with Crippen molar-refractivity contribution >= 4 is 33.1 Å². The molecule has 0 spiro atoms. The Balaban J connectivity index is 2.43. The molecule has 0 atom stereocenters. The summed E-state index contributed by atoms with van der Waals surface area (Å²) >= 11 is 3.30. The van der Waals surface area contributed by atoms with Gasteiger partial charge in [0, 0.05) is 4.47 Å². The highest BCUT2D eigenvalue weighted by Crippen LogP contribution is 2.25. The summed E-state index contributed by atoms with van der Waals surface area (Å²) in [6, 6.07) is 10.8. The molecule has 1 aromatic heterocycles. The molecular formula is C13H8BrN5. The zero-order chi connectivity index (χ0) is 13.8. The third-order valence-electron chi connectivity index (χ3n) is 2.38. The number of nitriles is 2. The van der Waals surface area contributed by atoms with Gasteiger partial charge in [0.2, 0.25) is 0 Å². The molecule has 0 aliphatic carbocycles. The van der Waals surface area contributed by atoms with Gasteiger partial charge in [0.25, 0.3) is 0 Å². The molecule has 1 heterocycles. The number of hydrogen-bond acceptors (Lipinski definition) is 5. The van der Waals surface area contributed by atoms with Gasteiger partial charge in [0.1, 0.15) is 18.0 Å². The third-order valence-corrected chi connectivity index (χ3v) is 2.88. The first-order valence-electron chi connectivity index (χ1n) is 5.26. The Kier molecular flexibility index (Phi) is 3.65. The molecule has 19 heavy (non-hydrogen) atoms. The molecule has 0 fully saturated rings. The lowest BCUT2D eigenvalue weighted by Gasteiger charge is -2.09. The summed E-state index contributed by atoms with van der Waals surface area (Å²) in [4.78, 5) is 4.06. The lowest BCUT2D eigenvalue weighted by atomic mass is 10.2. The smallest absolute Gasteiger partial charge is 0.148 e. The van der Waals surface area contributed by atoms with Crippen LogP contribution in [0.4, 0.5) is 17.2 Å². The number of nitrogen functional groups attached to an aromatic ring is 1. The maximum Gasteiger partial charge on any atom is 0.148 e. The average Bonchev–Trinajstić information content (AvgIpc) is 2.42. The normalized spacial score (nSPS) is 9.42. The van der Waals surface area contributed by atoms with Crippen LogP contribution in [-0.2, 0) is 0 Å². The number of nitrogens with one attached hydrogen (secondary N) is 1. The summed E-state index contributed by atoms with van der Waals surface area (Å²) in [6.07, 6.45) is 1.45. The van der Waals surface area contributed by atoms with E-state index in [-0.39, 0.29) is 0 Å². The molecule has 92 valence electrons. The topological polar surface area (TPSA) is 98.5 Å². The Morgan fingerprint density at radius 1 is 1.16 bits per heavy atom. The van der Waals surface area contributed by atoms with Gasteiger partial charge in [-0.2, -0.15) is 10.5 Å². The number of nitrogens with two attached hydrogens (primary N) is 1. The minimum absolute atomic E-state index is 0.326. The van der Waals surface area contributed by atoms with Crippen LogP contribution in [0.15, 0.2) is 34.9 Å². The number of benzene rings is 1. The van der Waals surface area contributed by atoms with Gasteiger partial charge in [0.05, 0.1) is 28.7 Å². The number of aromatic nitrogens is 1. The number of nitrogens with zero attached hydrogens (tertiary/aromatic N) is 3. The highest BCUT2D eigenvalue weighted by molar-refractivity contribution is 9.10. The Morgan fingerprint density at radius 3 is 2.58 bits per heavy atom. The van der Waals surface area contributed by atoms with Crippen LogP contribution >= 0.6 is 15.9 Å². The number of halogens is 1. The van der Waals surface area contributed by atoms with Crippen molar-refractivity contribution in [2.24, 2.45) is 0 Å². The van der Waals surface area contributed by atoms with E-state index in [1.807, 2.05) is 6.07 Å². The predicted molar refractivity (Wildman–Crippen MR) is 75.5 cm³/mol. The lowest BCUT2D eigenvalue weighted by Crippen LogP contribution is -2.00. The van der Waals surface area contributed by atoms with Crippen molar-refractivity contribution in [3.05, 3.63) is 46.1 Å². The fraction of sp³-hybridized carbons (Fsp3) is 0. The molecule has 3 N–H and O–H groups in total. The molecule has 0 saturated heterocycles. The molecule has 0 radical (unpaired) electrons. The molecular weight excluding hydrogens is 306 g/mol. The van der Waals surface area contributed by atoms with Crippen molar-refractivity contribution in [3.63, 3.8) is 0 Å². The minimum atomic E-state index is 0.326. The van der Waals surface area contributed by atoms with E-state index in [4.69, 9.17) is 16.3 Å². The van der Waals surface area contributed by atoms with Gasteiger partial charge in [0.15, 0.2) is 0 Å². The average molecular weight is 314 g/mol. The number of anilines is 3. The highest BCUT2D eigenvalue weighted by Gasteiger charge is 2.08. The first-order valence-corrected chi connectivity index (χ1v) is 6.05. The Bertz CT molecular complexity index is 650. The molecule has 5 nitrogen and oxygen atoms in total. The van der Waals surface area contributed by atoms with Gasteiger partial charge in [-0.1, -0.05) is 15.9 Å². The predicted octanol–water partition coefficient (Wildman–Crippen LogP) is 2.91. The van der Waals surface area contributed by atoms with Crippen molar-refractivity contribution in [2.45, 2.75) is 0 Å². The third kappa shape index (κ3) is 2.82. The van der Waals surface area contributed by atoms with Crippen molar-refractivity contribution in [1.29, 1.82) is 10.5 Å².